The van der Waals surface area contributed by atoms with Crippen molar-refractivity contribution in [2.45, 2.75) is 13.8 Å². The molecule has 2 rings (SSSR count). The van der Waals surface area contributed by atoms with Crippen LogP contribution in [0.5, 0.6) is 0 Å². The molecule has 0 saturated heterocycles. The Morgan fingerprint density at radius 3 is 2.53 bits per heavy atom. The summed E-state index contributed by atoms with van der Waals surface area (Å²) in [6, 6.07) is 5.92. The molecule has 2 aromatic rings. The van der Waals surface area contributed by atoms with E-state index in [4.69, 9.17) is 11.5 Å². The summed E-state index contributed by atoms with van der Waals surface area (Å²) in [6.45, 7) is 4.00. The molecule has 5 N–H and O–H groups in total. The van der Waals surface area contributed by atoms with Crippen LogP contribution < -0.4 is 11.5 Å². The quantitative estimate of drug-likeness (QED) is 0.690. The predicted molar refractivity (Wildman–Crippen MR) is 67.5 cm³/mol. The molecule has 1 aromatic heterocycles. The fraction of sp³-hybridized carbons (Fsp3) is 0.182. The smallest absolute Gasteiger partial charge is 0.175 e. The zero-order chi connectivity index (χ0) is 12.4. The van der Waals surface area contributed by atoms with Crippen LogP contribution in [0.15, 0.2) is 28.4 Å². The Bertz CT molecular complexity index is 550. The summed E-state index contributed by atoms with van der Waals surface area (Å²) >= 11 is 0. The molecule has 0 aliphatic heterocycles. The minimum atomic E-state index is 0.246. The van der Waals surface area contributed by atoms with E-state index in [1.54, 1.807) is 0 Å². The SMILES string of the molecule is Cc1ccc(N=Nc2c(N)n[nH]c2N)c(C)c1. The molecule has 6 nitrogen and oxygen atoms in total. The average Bonchev–Trinajstić information content (AvgIpc) is 2.58. The van der Waals surface area contributed by atoms with Gasteiger partial charge >= 0.3 is 0 Å². The minimum Gasteiger partial charge on any atom is -0.382 e. The Balaban J connectivity index is 2.32. The van der Waals surface area contributed by atoms with E-state index in [1.165, 1.54) is 5.56 Å². The lowest BCUT2D eigenvalue weighted by atomic mass is 10.1. The van der Waals surface area contributed by atoms with E-state index in [-0.39, 0.29) is 5.82 Å². The average molecular weight is 230 g/mol. The first-order chi connectivity index (χ1) is 8.08. The van der Waals surface area contributed by atoms with Crippen molar-refractivity contribution in [1.82, 2.24) is 10.2 Å². The van der Waals surface area contributed by atoms with Crippen LogP contribution in [-0.4, -0.2) is 10.2 Å². The molecule has 0 fully saturated rings. The summed E-state index contributed by atoms with van der Waals surface area (Å²) in [5.41, 5.74) is 14.6. The second kappa shape index (κ2) is 4.25. The maximum Gasteiger partial charge on any atom is 0.175 e. The van der Waals surface area contributed by atoms with Crippen LogP contribution in [0, 0.1) is 13.8 Å². The third-order valence-electron chi connectivity index (χ3n) is 2.40. The van der Waals surface area contributed by atoms with Gasteiger partial charge in [-0.2, -0.15) is 10.2 Å². The molecule has 88 valence electrons. The van der Waals surface area contributed by atoms with Gasteiger partial charge in [0.15, 0.2) is 11.5 Å². The Kier molecular flexibility index (Phi) is 2.78. The first kappa shape index (κ1) is 11.1. The van der Waals surface area contributed by atoms with E-state index < -0.39 is 0 Å². The third kappa shape index (κ3) is 2.25. The number of hydrogen-bond donors (Lipinski definition) is 3. The molecule has 0 aliphatic rings. The maximum atomic E-state index is 5.62. The monoisotopic (exact) mass is 230 g/mol. The van der Waals surface area contributed by atoms with Crippen molar-refractivity contribution in [2.24, 2.45) is 10.2 Å². The number of aromatic amines is 1. The first-order valence-electron chi connectivity index (χ1n) is 5.16. The third-order valence-corrected chi connectivity index (χ3v) is 2.40. The fourth-order valence-corrected chi connectivity index (χ4v) is 1.49. The van der Waals surface area contributed by atoms with Crippen LogP contribution in [0.2, 0.25) is 0 Å². The maximum absolute atomic E-state index is 5.62. The number of nitrogens with two attached hydrogens (primary N) is 2. The summed E-state index contributed by atoms with van der Waals surface area (Å²) in [5.74, 6) is 0.562. The molecule has 17 heavy (non-hydrogen) atoms. The largest absolute Gasteiger partial charge is 0.382 e. The topological polar surface area (TPSA) is 105 Å². The van der Waals surface area contributed by atoms with Crippen molar-refractivity contribution in [3.8, 4) is 0 Å². The van der Waals surface area contributed by atoms with Gasteiger partial charge in [0, 0.05) is 0 Å². The second-order valence-corrected chi connectivity index (χ2v) is 3.86. The zero-order valence-electron chi connectivity index (χ0n) is 9.73. The van der Waals surface area contributed by atoms with Crippen LogP contribution >= 0.6 is 0 Å². The highest BCUT2D eigenvalue weighted by molar-refractivity contribution is 5.70. The molecule has 0 saturated carbocycles. The van der Waals surface area contributed by atoms with Gasteiger partial charge in [-0.05, 0) is 25.5 Å². The molecule has 6 heteroatoms. The van der Waals surface area contributed by atoms with Crippen LogP contribution in [0.3, 0.4) is 0 Å². The number of nitrogens with zero attached hydrogens (tertiary/aromatic N) is 3. The lowest BCUT2D eigenvalue weighted by Crippen LogP contribution is -1.84. The number of rotatable bonds is 2. The highest BCUT2D eigenvalue weighted by Gasteiger charge is 2.06. The zero-order valence-corrected chi connectivity index (χ0v) is 9.73. The van der Waals surface area contributed by atoms with Crippen molar-refractivity contribution in [2.75, 3.05) is 11.5 Å². The Morgan fingerprint density at radius 1 is 1.18 bits per heavy atom. The lowest BCUT2D eigenvalue weighted by molar-refractivity contribution is 1.11. The lowest BCUT2D eigenvalue weighted by Gasteiger charge is -1.99. The predicted octanol–water partition coefficient (Wildman–Crippen LogP) is 2.61. The molecular formula is C11H14N6. The van der Waals surface area contributed by atoms with Crippen LogP contribution in [-0.2, 0) is 0 Å². The van der Waals surface area contributed by atoms with Gasteiger partial charge in [-0.3, -0.25) is 5.10 Å². The summed E-state index contributed by atoms with van der Waals surface area (Å²) in [5, 5.41) is 14.4. The number of nitrogen functional groups attached to an aromatic ring is 2. The van der Waals surface area contributed by atoms with Crippen molar-refractivity contribution in [3.63, 3.8) is 0 Å². The number of benzene rings is 1. The standard InChI is InChI=1S/C11H14N6/c1-6-3-4-8(7(2)5-6)14-15-9-10(12)16-17-11(9)13/h3-5H,1-2H3,(H5,12,13,16,17). The highest BCUT2D eigenvalue weighted by atomic mass is 15.2. The van der Waals surface area contributed by atoms with E-state index in [0.717, 1.165) is 11.3 Å². The van der Waals surface area contributed by atoms with E-state index in [0.29, 0.717) is 11.5 Å². The van der Waals surface area contributed by atoms with E-state index in [9.17, 15) is 0 Å². The molecule has 1 aromatic carbocycles. The molecule has 0 unspecified atom stereocenters. The van der Waals surface area contributed by atoms with Gasteiger partial charge in [0.1, 0.15) is 5.82 Å². The normalized spacial score (nSPS) is 11.2. The molecule has 1 heterocycles. The van der Waals surface area contributed by atoms with Gasteiger partial charge in [-0.15, -0.1) is 5.11 Å². The van der Waals surface area contributed by atoms with Crippen LogP contribution in [0.1, 0.15) is 11.1 Å². The van der Waals surface area contributed by atoms with Crippen molar-refractivity contribution in [3.05, 3.63) is 29.3 Å². The van der Waals surface area contributed by atoms with Crippen molar-refractivity contribution < 1.29 is 0 Å². The van der Waals surface area contributed by atoms with Crippen molar-refractivity contribution in [1.29, 1.82) is 0 Å². The van der Waals surface area contributed by atoms with Crippen molar-refractivity contribution >= 4 is 23.0 Å². The van der Waals surface area contributed by atoms with Gasteiger partial charge in [0.25, 0.3) is 0 Å². The summed E-state index contributed by atoms with van der Waals surface area (Å²) in [4.78, 5) is 0. The van der Waals surface area contributed by atoms with E-state index >= 15 is 0 Å². The number of aromatic nitrogens is 2. The van der Waals surface area contributed by atoms with Gasteiger partial charge in [-0.1, -0.05) is 17.7 Å². The van der Waals surface area contributed by atoms with Gasteiger partial charge in [0.2, 0.25) is 0 Å². The second-order valence-electron chi connectivity index (χ2n) is 3.86. The van der Waals surface area contributed by atoms with Crippen LogP contribution in [0.25, 0.3) is 0 Å². The Morgan fingerprint density at radius 2 is 1.94 bits per heavy atom. The highest BCUT2D eigenvalue weighted by Crippen LogP contribution is 2.29. The van der Waals surface area contributed by atoms with Gasteiger partial charge in [0.05, 0.1) is 5.69 Å². The number of aryl methyl sites for hydroxylation is 2. The molecular weight excluding hydrogens is 216 g/mol. The first-order valence-corrected chi connectivity index (χ1v) is 5.16. The minimum absolute atomic E-state index is 0.246. The summed E-state index contributed by atoms with van der Waals surface area (Å²) in [7, 11) is 0. The molecule has 0 atom stereocenters. The molecule has 0 amide bonds. The molecule has 0 bridgehead atoms. The molecule has 0 spiro atoms. The fourth-order valence-electron chi connectivity index (χ4n) is 1.49. The Labute approximate surface area is 98.7 Å². The summed E-state index contributed by atoms with van der Waals surface area (Å²) < 4.78 is 0. The van der Waals surface area contributed by atoms with E-state index in [1.807, 2.05) is 32.0 Å². The molecule has 0 aliphatic carbocycles. The molecule has 0 radical (unpaired) electrons. The van der Waals surface area contributed by atoms with Gasteiger partial charge < -0.3 is 11.5 Å². The Hall–Kier alpha value is -2.37. The van der Waals surface area contributed by atoms with E-state index in [2.05, 4.69) is 20.4 Å². The number of H-pyrrole nitrogens is 1. The number of nitrogens with one attached hydrogen (secondary N) is 1. The number of azo groups is 1. The number of hydrogen-bond acceptors (Lipinski definition) is 5. The summed E-state index contributed by atoms with van der Waals surface area (Å²) in [6.07, 6.45) is 0. The number of anilines is 2. The van der Waals surface area contributed by atoms with Crippen LogP contribution in [0.4, 0.5) is 23.0 Å². The van der Waals surface area contributed by atoms with Gasteiger partial charge in [-0.25, -0.2) is 0 Å².